The maximum atomic E-state index is 12.4. The number of likely N-dealkylation sites (N-methyl/N-ethyl adjacent to an activating group) is 1. The van der Waals surface area contributed by atoms with Gasteiger partial charge >= 0.3 is 0 Å². The van der Waals surface area contributed by atoms with E-state index in [1.165, 1.54) is 0 Å². The molecule has 1 unspecified atom stereocenters. The molecule has 1 rings (SSSR count). The predicted octanol–water partition coefficient (Wildman–Crippen LogP) is -2.74. The second-order valence-corrected chi connectivity index (χ2v) is 7.61. The van der Waals surface area contributed by atoms with Gasteiger partial charge in [0, 0.05) is 6.42 Å². The van der Waals surface area contributed by atoms with Crippen molar-refractivity contribution >= 4 is 29.5 Å². The highest BCUT2D eigenvalue weighted by Crippen LogP contribution is 2.04. The molecule has 12 nitrogen and oxygen atoms in total. The number of hydrogen-bond acceptors (Lipinski definition) is 7. The lowest BCUT2D eigenvalue weighted by atomic mass is 10.1. The van der Waals surface area contributed by atoms with E-state index in [4.69, 9.17) is 11.5 Å². The van der Waals surface area contributed by atoms with Gasteiger partial charge in [-0.05, 0) is 32.0 Å². The summed E-state index contributed by atoms with van der Waals surface area (Å²) >= 11 is 0. The van der Waals surface area contributed by atoms with Crippen LogP contribution in [0.1, 0.15) is 24.8 Å². The number of carbonyl (C=O) groups excluding carboxylic acids is 5. The Morgan fingerprint density at radius 2 is 1.44 bits per heavy atom. The quantitative estimate of drug-likeness (QED) is 0.125. The zero-order chi connectivity index (χ0) is 25.3. The molecule has 2 atom stereocenters. The SMILES string of the molecule is CNC(CCCCN)C(=O)NCC(=O)NCC(=O)N[C@@H](Cc1ccccc1)C(=O)NCC(N)=O. The molecule has 34 heavy (non-hydrogen) atoms. The molecule has 188 valence electrons. The molecule has 12 heteroatoms. The second-order valence-electron chi connectivity index (χ2n) is 7.61. The van der Waals surface area contributed by atoms with Gasteiger partial charge in [-0.1, -0.05) is 36.8 Å². The van der Waals surface area contributed by atoms with E-state index in [1.807, 2.05) is 6.07 Å². The average molecular weight is 478 g/mol. The van der Waals surface area contributed by atoms with Crippen molar-refractivity contribution in [2.45, 2.75) is 37.8 Å². The molecule has 0 aromatic heterocycles. The average Bonchev–Trinajstić information content (AvgIpc) is 2.82. The van der Waals surface area contributed by atoms with E-state index in [9.17, 15) is 24.0 Å². The van der Waals surface area contributed by atoms with Crippen LogP contribution in [-0.4, -0.2) is 74.8 Å². The predicted molar refractivity (Wildman–Crippen MR) is 126 cm³/mol. The van der Waals surface area contributed by atoms with E-state index in [0.29, 0.717) is 13.0 Å². The van der Waals surface area contributed by atoms with Gasteiger partial charge in [0.05, 0.1) is 25.7 Å². The molecule has 0 bridgehead atoms. The van der Waals surface area contributed by atoms with Crippen molar-refractivity contribution in [3.63, 3.8) is 0 Å². The smallest absolute Gasteiger partial charge is 0.243 e. The van der Waals surface area contributed by atoms with Gasteiger partial charge in [0.25, 0.3) is 0 Å². The van der Waals surface area contributed by atoms with E-state index >= 15 is 0 Å². The standard InChI is InChI=1S/C22H35N7O5/c1-25-16(9-5-6-10-23)21(33)28-13-19(31)26-14-20(32)29-17(22(34)27-12-18(24)30)11-15-7-3-2-4-8-15/h2-4,7-8,16-17,25H,5-6,9-14,23H2,1H3,(H2,24,30)(H,26,31)(H,27,34)(H,28,33)(H,29,32)/t16?,17-/m0/s1. The molecule has 0 spiro atoms. The molecule has 1 aromatic rings. The second kappa shape index (κ2) is 16.2. The van der Waals surface area contributed by atoms with Crippen LogP contribution in [-0.2, 0) is 30.4 Å². The number of unbranched alkanes of at least 4 members (excludes halogenated alkanes) is 1. The number of benzene rings is 1. The first kappa shape index (κ1) is 28.5. The lowest BCUT2D eigenvalue weighted by Crippen LogP contribution is -2.52. The van der Waals surface area contributed by atoms with E-state index in [2.05, 4.69) is 26.6 Å². The number of rotatable bonds is 16. The van der Waals surface area contributed by atoms with Crippen molar-refractivity contribution in [3.05, 3.63) is 35.9 Å². The van der Waals surface area contributed by atoms with Gasteiger partial charge in [0.15, 0.2) is 0 Å². The number of carbonyl (C=O) groups is 5. The van der Waals surface area contributed by atoms with E-state index < -0.39 is 42.3 Å². The topological polar surface area (TPSA) is 198 Å². The normalized spacial score (nSPS) is 12.2. The summed E-state index contributed by atoms with van der Waals surface area (Å²) in [4.78, 5) is 59.9. The third kappa shape index (κ3) is 11.9. The van der Waals surface area contributed by atoms with Gasteiger partial charge in [-0.3, -0.25) is 24.0 Å². The molecule has 0 aliphatic rings. The van der Waals surface area contributed by atoms with Gasteiger partial charge in [-0.2, -0.15) is 0 Å². The van der Waals surface area contributed by atoms with Crippen molar-refractivity contribution < 1.29 is 24.0 Å². The van der Waals surface area contributed by atoms with Crippen molar-refractivity contribution in [1.29, 1.82) is 0 Å². The van der Waals surface area contributed by atoms with Crippen LogP contribution in [0.15, 0.2) is 30.3 Å². The summed E-state index contributed by atoms with van der Waals surface area (Å²) in [6, 6.07) is 7.56. The Morgan fingerprint density at radius 3 is 2.06 bits per heavy atom. The highest BCUT2D eigenvalue weighted by molar-refractivity contribution is 5.93. The van der Waals surface area contributed by atoms with Crippen molar-refractivity contribution in [2.75, 3.05) is 33.2 Å². The number of amides is 5. The van der Waals surface area contributed by atoms with Crippen molar-refractivity contribution in [1.82, 2.24) is 26.6 Å². The molecular formula is C22H35N7O5. The molecule has 0 radical (unpaired) electrons. The van der Waals surface area contributed by atoms with Gasteiger partial charge in [-0.25, -0.2) is 0 Å². The summed E-state index contributed by atoms with van der Waals surface area (Å²) < 4.78 is 0. The zero-order valence-electron chi connectivity index (χ0n) is 19.4. The highest BCUT2D eigenvalue weighted by Gasteiger charge is 2.22. The van der Waals surface area contributed by atoms with Crippen molar-refractivity contribution in [2.24, 2.45) is 11.5 Å². The fourth-order valence-electron chi connectivity index (χ4n) is 3.03. The fraction of sp³-hybridized carbons (Fsp3) is 0.500. The summed E-state index contributed by atoms with van der Waals surface area (Å²) in [5.41, 5.74) is 11.3. The maximum absolute atomic E-state index is 12.4. The van der Waals surface area contributed by atoms with Gasteiger partial charge in [0.1, 0.15) is 6.04 Å². The molecule has 0 saturated heterocycles. The van der Waals surface area contributed by atoms with Gasteiger partial charge in [0.2, 0.25) is 29.5 Å². The van der Waals surface area contributed by atoms with Crippen LogP contribution in [0.5, 0.6) is 0 Å². The summed E-state index contributed by atoms with van der Waals surface area (Å²) in [6.45, 7) is -0.513. The third-order valence-corrected chi connectivity index (χ3v) is 4.85. The minimum Gasteiger partial charge on any atom is -0.368 e. The minimum absolute atomic E-state index is 0.177. The molecule has 5 amide bonds. The Balaban J connectivity index is 2.53. The zero-order valence-corrected chi connectivity index (χ0v) is 19.4. The molecule has 0 saturated carbocycles. The minimum atomic E-state index is -0.976. The van der Waals surface area contributed by atoms with Crippen LogP contribution in [0, 0.1) is 0 Å². The molecule has 0 aliphatic heterocycles. The first-order chi connectivity index (χ1) is 16.3. The number of hydrogen-bond donors (Lipinski definition) is 7. The largest absolute Gasteiger partial charge is 0.368 e. The summed E-state index contributed by atoms with van der Waals surface area (Å²) in [6.07, 6.45) is 2.34. The molecule has 0 heterocycles. The van der Waals surface area contributed by atoms with Crippen molar-refractivity contribution in [3.8, 4) is 0 Å². The van der Waals surface area contributed by atoms with Crippen LogP contribution in [0.4, 0.5) is 0 Å². The van der Waals surface area contributed by atoms with Crippen LogP contribution >= 0.6 is 0 Å². The monoisotopic (exact) mass is 477 g/mol. The Labute approximate surface area is 199 Å². The number of primary amides is 1. The Morgan fingerprint density at radius 1 is 0.824 bits per heavy atom. The van der Waals surface area contributed by atoms with Gasteiger partial charge in [-0.15, -0.1) is 0 Å². The first-order valence-corrected chi connectivity index (χ1v) is 11.1. The van der Waals surface area contributed by atoms with Crippen LogP contribution in [0.25, 0.3) is 0 Å². The Hall–Kier alpha value is -3.51. The van der Waals surface area contributed by atoms with Crippen LogP contribution < -0.4 is 38.1 Å². The highest BCUT2D eigenvalue weighted by atomic mass is 16.2. The first-order valence-electron chi connectivity index (χ1n) is 11.1. The molecule has 0 fully saturated rings. The molecular weight excluding hydrogens is 442 g/mol. The molecule has 0 aliphatic carbocycles. The van der Waals surface area contributed by atoms with E-state index in [-0.39, 0.29) is 25.4 Å². The van der Waals surface area contributed by atoms with Crippen LogP contribution in [0.2, 0.25) is 0 Å². The van der Waals surface area contributed by atoms with Gasteiger partial charge < -0.3 is 38.1 Å². The van der Waals surface area contributed by atoms with Crippen LogP contribution in [0.3, 0.4) is 0 Å². The fourth-order valence-corrected chi connectivity index (χ4v) is 3.03. The van der Waals surface area contributed by atoms with E-state index in [0.717, 1.165) is 18.4 Å². The lowest BCUT2D eigenvalue weighted by Gasteiger charge is -2.19. The maximum Gasteiger partial charge on any atom is 0.243 e. The molecule has 1 aromatic carbocycles. The number of nitrogens with one attached hydrogen (secondary N) is 5. The lowest BCUT2D eigenvalue weighted by molar-refractivity contribution is -0.131. The summed E-state index contributed by atoms with van der Waals surface area (Å²) in [5.74, 6) is -2.79. The molecule has 9 N–H and O–H groups in total. The third-order valence-electron chi connectivity index (χ3n) is 4.85. The summed E-state index contributed by atoms with van der Waals surface area (Å²) in [7, 11) is 1.66. The Kier molecular flexibility index (Phi) is 13.6. The van der Waals surface area contributed by atoms with E-state index in [1.54, 1.807) is 31.3 Å². The number of nitrogens with two attached hydrogens (primary N) is 2. The Bertz CT molecular complexity index is 819. The summed E-state index contributed by atoms with van der Waals surface area (Å²) in [5, 5.41) is 12.7.